The van der Waals surface area contributed by atoms with Crippen molar-refractivity contribution in [1.29, 1.82) is 0 Å². The van der Waals surface area contributed by atoms with Gasteiger partial charge < -0.3 is 14.4 Å². The number of carbonyl (C=O) groups excluding carboxylic acids is 1. The monoisotopic (exact) mass is 461 g/mol. The van der Waals surface area contributed by atoms with E-state index in [0.717, 1.165) is 11.1 Å². The van der Waals surface area contributed by atoms with Gasteiger partial charge in [0.15, 0.2) is 0 Å². The van der Waals surface area contributed by atoms with Crippen LogP contribution >= 0.6 is 0 Å². The molecule has 3 heterocycles. The minimum Gasteiger partial charge on any atom is -0.507 e. The Kier molecular flexibility index (Phi) is 7.43. The van der Waals surface area contributed by atoms with Crippen LogP contribution in [0.5, 0.6) is 5.75 Å². The summed E-state index contributed by atoms with van der Waals surface area (Å²) in [6.45, 7) is 5.64. The average Bonchev–Trinajstić information content (AvgIpc) is 2.86. The zero-order valence-corrected chi connectivity index (χ0v) is 19.7. The zero-order valence-electron chi connectivity index (χ0n) is 19.7. The number of rotatable bonds is 7. The minimum atomic E-state index is -0.466. The van der Waals surface area contributed by atoms with Crippen LogP contribution in [-0.2, 0) is 16.1 Å². The van der Waals surface area contributed by atoms with Crippen LogP contribution in [0.4, 0.5) is 0 Å². The highest BCUT2D eigenvalue weighted by atomic mass is 16.5. The molecule has 34 heavy (non-hydrogen) atoms. The van der Waals surface area contributed by atoms with E-state index in [1.165, 1.54) is 0 Å². The predicted molar refractivity (Wildman–Crippen MR) is 130 cm³/mol. The molecule has 0 bridgehead atoms. The SMILES string of the molecule is CCOC(=O)C1CCN([C@@H](c2cccnc2)c2c(O)cc(C)n(Cc3ccccc3)c2=O)CC1. The van der Waals surface area contributed by atoms with Crippen LogP contribution < -0.4 is 5.56 Å². The molecule has 1 aliphatic rings. The molecule has 1 aromatic carbocycles. The van der Waals surface area contributed by atoms with Gasteiger partial charge in [-0.25, -0.2) is 0 Å². The third-order valence-electron chi connectivity index (χ3n) is 6.49. The van der Waals surface area contributed by atoms with Crippen LogP contribution in [0.1, 0.15) is 48.2 Å². The van der Waals surface area contributed by atoms with E-state index in [1.807, 2.05) is 56.3 Å². The lowest BCUT2D eigenvalue weighted by Gasteiger charge is -2.37. The first-order chi connectivity index (χ1) is 16.5. The van der Waals surface area contributed by atoms with Gasteiger partial charge in [-0.2, -0.15) is 0 Å². The number of carbonyl (C=O) groups is 1. The topological polar surface area (TPSA) is 84.7 Å². The van der Waals surface area contributed by atoms with E-state index in [2.05, 4.69) is 9.88 Å². The lowest BCUT2D eigenvalue weighted by atomic mass is 9.91. The Bertz CT molecular complexity index is 1170. The first-order valence-corrected chi connectivity index (χ1v) is 11.8. The normalized spacial score (nSPS) is 15.7. The molecule has 7 nitrogen and oxygen atoms in total. The molecule has 1 aliphatic heterocycles. The summed E-state index contributed by atoms with van der Waals surface area (Å²) in [4.78, 5) is 32.5. The molecule has 0 unspecified atom stereocenters. The third-order valence-corrected chi connectivity index (χ3v) is 6.49. The second-order valence-electron chi connectivity index (χ2n) is 8.71. The van der Waals surface area contributed by atoms with Crippen LogP contribution in [0, 0.1) is 12.8 Å². The van der Waals surface area contributed by atoms with Crippen molar-refractivity contribution in [2.24, 2.45) is 5.92 Å². The summed E-state index contributed by atoms with van der Waals surface area (Å²) in [5, 5.41) is 11.0. The molecule has 2 aromatic heterocycles. The Labute approximate surface area is 199 Å². The van der Waals surface area contributed by atoms with Gasteiger partial charge in [-0.3, -0.25) is 19.5 Å². The van der Waals surface area contributed by atoms with E-state index < -0.39 is 6.04 Å². The highest BCUT2D eigenvalue weighted by Crippen LogP contribution is 2.35. The molecular weight excluding hydrogens is 430 g/mol. The second-order valence-corrected chi connectivity index (χ2v) is 8.71. The summed E-state index contributed by atoms with van der Waals surface area (Å²) in [5.41, 5.74) is 2.66. The highest BCUT2D eigenvalue weighted by Gasteiger charge is 2.34. The fourth-order valence-electron chi connectivity index (χ4n) is 4.74. The summed E-state index contributed by atoms with van der Waals surface area (Å²) in [6, 6.07) is 14.8. The first kappa shape index (κ1) is 23.7. The molecule has 1 saturated heterocycles. The number of aryl methyl sites for hydroxylation is 1. The number of esters is 1. The van der Waals surface area contributed by atoms with Crippen LogP contribution in [0.2, 0.25) is 0 Å². The second kappa shape index (κ2) is 10.7. The quantitative estimate of drug-likeness (QED) is 0.541. The number of benzene rings is 1. The van der Waals surface area contributed by atoms with E-state index in [9.17, 15) is 14.7 Å². The van der Waals surface area contributed by atoms with Gasteiger partial charge >= 0.3 is 5.97 Å². The number of nitrogens with zero attached hydrogens (tertiary/aromatic N) is 3. The molecule has 0 amide bonds. The minimum absolute atomic E-state index is 0.0202. The summed E-state index contributed by atoms with van der Waals surface area (Å²) >= 11 is 0. The van der Waals surface area contributed by atoms with Crippen LogP contribution in [0.15, 0.2) is 65.7 Å². The van der Waals surface area contributed by atoms with Crippen molar-refractivity contribution < 1.29 is 14.6 Å². The molecule has 0 radical (unpaired) electrons. The molecule has 1 atom stereocenters. The van der Waals surface area contributed by atoms with Crippen molar-refractivity contribution in [2.75, 3.05) is 19.7 Å². The molecule has 0 saturated carbocycles. The fourth-order valence-corrected chi connectivity index (χ4v) is 4.74. The Morgan fingerprint density at radius 3 is 2.56 bits per heavy atom. The number of aromatic nitrogens is 2. The number of hydrogen-bond donors (Lipinski definition) is 1. The number of likely N-dealkylation sites (tertiary alicyclic amines) is 1. The molecule has 1 fully saturated rings. The van der Waals surface area contributed by atoms with Gasteiger partial charge in [0.2, 0.25) is 0 Å². The van der Waals surface area contributed by atoms with Gasteiger partial charge in [0.25, 0.3) is 5.56 Å². The molecule has 178 valence electrons. The van der Waals surface area contributed by atoms with Crippen molar-refractivity contribution in [1.82, 2.24) is 14.5 Å². The van der Waals surface area contributed by atoms with Crippen molar-refractivity contribution in [3.05, 3.63) is 93.7 Å². The Balaban J connectivity index is 1.72. The Morgan fingerprint density at radius 1 is 1.18 bits per heavy atom. The zero-order chi connectivity index (χ0) is 24.1. The van der Waals surface area contributed by atoms with E-state index >= 15 is 0 Å². The fraction of sp³-hybridized carbons (Fsp3) is 0.370. The van der Waals surface area contributed by atoms with E-state index in [1.54, 1.807) is 23.0 Å². The Hall–Kier alpha value is -3.45. The maximum atomic E-state index is 13.8. The molecule has 0 spiro atoms. The van der Waals surface area contributed by atoms with Crippen molar-refractivity contribution in [3.8, 4) is 5.75 Å². The van der Waals surface area contributed by atoms with Crippen molar-refractivity contribution in [3.63, 3.8) is 0 Å². The van der Waals surface area contributed by atoms with Crippen molar-refractivity contribution in [2.45, 2.75) is 39.3 Å². The maximum Gasteiger partial charge on any atom is 0.309 e. The summed E-state index contributed by atoms with van der Waals surface area (Å²) < 4.78 is 6.92. The first-order valence-electron chi connectivity index (χ1n) is 11.8. The third kappa shape index (κ3) is 5.04. The van der Waals surface area contributed by atoms with E-state index in [4.69, 9.17) is 4.74 Å². The molecule has 1 N–H and O–H groups in total. The standard InChI is InChI=1S/C27H31N3O4/c1-3-34-27(33)21-11-14-29(15-12-21)25(22-10-7-13-28-17-22)24-23(31)16-19(2)30(26(24)32)18-20-8-5-4-6-9-20/h4-10,13,16-17,21,25,31H,3,11-12,14-15,18H2,1-2H3/t25-/m0/s1. The van der Waals surface area contributed by atoms with Gasteiger partial charge in [0.1, 0.15) is 5.75 Å². The number of ether oxygens (including phenoxy) is 1. The van der Waals surface area contributed by atoms with Gasteiger partial charge in [0.05, 0.1) is 30.7 Å². The highest BCUT2D eigenvalue weighted by molar-refractivity contribution is 5.72. The maximum absolute atomic E-state index is 13.8. The number of hydrogen-bond acceptors (Lipinski definition) is 6. The smallest absolute Gasteiger partial charge is 0.309 e. The summed E-state index contributed by atoms with van der Waals surface area (Å²) in [6.07, 6.45) is 4.71. The van der Waals surface area contributed by atoms with Gasteiger partial charge in [0, 0.05) is 18.1 Å². The average molecular weight is 462 g/mol. The lowest BCUT2D eigenvalue weighted by molar-refractivity contribution is -0.149. The van der Waals surface area contributed by atoms with Crippen LogP contribution in [-0.4, -0.2) is 45.2 Å². The largest absolute Gasteiger partial charge is 0.507 e. The van der Waals surface area contributed by atoms with Gasteiger partial charge in [-0.1, -0.05) is 36.4 Å². The van der Waals surface area contributed by atoms with Crippen LogP contribution in [0.25, 0.3) is 0 Å². The molecular formula is C27H31N3O4. The molecule has 7 heteroatoms. The molecule has 3 aromatic rings. The number of piperidine rings is 1. The summed E-state index contributed by atoms with van der Waals surface area (Å²) in [7, 11) is 0. The van der Waals surface area contributed by atoms with E-state index in [0.29, 0.717) is 50.3 Å². The molecule has 0 aliphatic carbocycles. The van der Waals surface area contributed by atoms with Gasteiger partial charge in [-0.15, -0.1) is 0 Å². The molecule has 4 rings (SSSR count). The van der Waals surface area contributed by atoms with Crippen molar-refractivity contribution >= 4 is 5.97 Å². The summed E-state index contributed by atoms with van der Waals surface area (Å²) in [5.74, 6) is -0.330. The predicted octanol–water partition coefficient (Wildman–Crippen LogP) is 3.67. The van der Waals surface area contributed by atoms with Gasteiger partial charge in [-0.05, 0) is 63.0 Å². The van der Waals surface area contributed by atoms with Crippen LogP contribution in [0.3, 0.4) is 0 Å². The number of aromatic hydroxyl groups is 1. The lowest BCUT2D eigenvalue weighted by Crippen LogP contribution is -2.42. The number of pyridine rings is 2. The Morgan fingerprint density at radius 2 is 1.91 bits per heavy atom. The van der Waals surface area contributed by atoms with E-state index in [-0.39, 0.29) is 23.2 Å².